The Morgan fingerprint density at radius 3 is 2.89 bits per heavy atom. The summed E-state index contributed by atoms with van der Waals surface area (Å²) in [6.07, 6.45) is 7.29. The second-order valence-corrected chi connectivity index (χ2v) is 2.58. The van der Waals surface area contributed by atoms with E-state index in [9.17, 15) is 0 Å². The Kier molecular flexibility index (Phi) is 2.10. The Morgan fingerprint density at radius 2 is 2.44 bits per heavy atom. The zero-order chi connectivity index (χ0) is 6.69. The summed E-state index contributed by atoms with van der Waals surface area (Å²) in [4.78, 5) is 0. The van der Waals surface area contributed by atoms with Gasteiger partial charge in [0.2, 0.25) is 0 Å². The maximum Gasteiger partial charge on any atom is -0.0279 e. The Labute approximate surface area is 57.3 Å². The van der Waals surface area contributed by atoms with Crippen molar-refractivity contribution in [2.75, 3.05) is 0 Å². The largest absolute Gasteiger partial charge is 0.0956 e. The lowest BCUT2D eigenvalue weighted by molar-refractivity contribution is 0.788. The predicted octanol–water partition coefficient (Wildman–Crippen LogP) is 3.06. The molecule has 0 atom stereocenters. The molecule has 50 valence electrons. The summed E-state index contributed by atoms with van der Waals surface area (Å²) in [5.74, 6) is 0. The fourth-order valence-electron chi connectivity index (χ4n) is 1.29. The predicted molar refractivity (Wildman–Crippen MR) is 41.4 cm³/mol. The van der Waals surface area contributed by atoms with Gasteiger partial charge in [-0.3, -0.25) is 0 Å². The van der Waals surface area contributed by atoms with Gasteiger partial charge in [-0.15, -0.1) is 0 Å². The van der Waals surface area contributed by atoms with Crippen LogP contribution in [0.3, 0.4) is 0 Å². The van der Waals surface area contributed by atoms with Gasteiger partial charge >= 0.3 is 0 Å². The molecule has 0 aromatic rings. The maximum absolute atomic E-state index is 4.00. The molecule has 0 unspecified atom stereocenters. The lowest BCUT2D eigenvalue weighted by Gasteiger charge is -2.13. The molecule has 9 heavy (non-hydrogen) atoms. The van der Waals surface area contributed by atoms with E-state index in [-0.39, 0.29) is 0 Å². The van der Waals surface area contributed by atoms with Crippen molar-refractivity contribution in [3.63, 3.8) is 0 Å². The molecule has 0 fully saturated rings. The Balaban J connectivity index is 2.64. The summed E-state index contributed by atoms with van der Waals surface area (Å²) in [7, 11) is 0. The van der Waals surface area contributed by atoms with E-state index in [1.165, 1.54) is 36.8 Å². The number of hydrogen-bond acceptors (Lipinski definition) is 0. The van der Waals surface area contributed by atoms with Gasteiger partial charge in [0.05, 0.1) is 0 Å². The van der Waals surface area contributed by atoms with Crippen molar-refractivity contribution in [3.8, 4) is 0 Å². The molecular weight excluding hydrogens is 108 g/mol. The van der Waals surface area contributed by atoms with Crippen molar-refractivity contribution in [2.24, 2.45) is 0 Å². The summed E-state index contributed by atoms with van der Waals surface area (Å²) < 4.78 is 0. The van der Waals surface area contributed by atoms with E-state index in [0.717, 1.165) is 0 Å². The third kappa shape index (κ3) is 1.44. The first kappa shape index (κ1) is 6.60. The third-order valence-electron chi connectivity index (χ3n) is 1.91. The molecule has 0 bridgehead atoms. The molecule has 1 rings (SSSR count). The van der Waals surface area contributed by atoms with Crippen molar-refractivity contribution < 1.29 is 0 Å². The molecule has 0 aromatic heterocycles. The van der Waals surface area contributed by atoms with Gasteiger partial charge in [-0.2, -0.15) is 0 Å². The van der Waals surface area contributed by atoms with E-state index >= 15 is 0 Å². The Morgan fingerprint density at radius 1 is 1.67 bits per heavy atom. The fraction of sp³-hybridized carbons (Fsp3) is 0.556. The van der Waals surface area contributed by atoms with Crippen LogP contribution in [0.25, 0.3) is 0 Å². The van der Waals surface area contributed by atoms with Crippen LogP contribution in [0.2, 0.25) is 0 Å². The highest BCUT2D eigenvalue weighted by Gasteiger charge is 2.04. The van der Waals surface area contributed by atoms with Gasteiger partial charge < -0.3 is 0 Å². The van der Waals surface area contributed by atoms with E-state index in [4.69, 9.17) is 0 Å². The van der Waals surface area contributed by atoms with Crippen LogP contribution in [0.1, 0.15) is 32.6 Å². The van der Waals surface area contributed by atoms with Crippen LogP contribution in [0.15, 0.2) is 23.8 Å². The zero-order valence-corrected chi connectivity index (χ0v) is 6.11. The van der Waals surface area contributed by atoms with Crippen LogP contribution >= 0.6 is 0 Å². The number of allylic oxidation sites excluding steroid dienone is 3. The van der Waals surface area contributed by atoms with Crippen LogP contribution in [-0.2, 0) is 0 Å². The first-order valence-corrected chi connectivity index (χ1v) is 3.71. The number of hydrogen-bond donors (Lipinski definition) is 0. The minimum absolute atomic E-state index is 1.17. The van der Waals surface area contributed by atoms with E-state index in [2.05, 4.69) is 19.6 Å². The van der Waals surface area contributed by atoms with Gasteiger partial charge in [0.25, 0.3) is 0 Å². The molecule has 0 nitrogen and oxygen atoms in total. The van der Waals surface area contributed by atoms with Gasteiger partial charge in [0, 0.05) is 0 Å². The highest BCUT2D eigenvalue weighted by molar-refractivity contribution is 5.29. The van der Waals surface area contributed by atoms with Crippen molar-refractivity contribution in [3.05, 3.63) is 23.8 Å². The van der Waals surface area contributed by atoms with Gasteiger partial charge in [0.15, 0.2) is 0 Å². The molecule has 0 saturated carbocycles. The molecule has 0 heteroatoms. The van der Waals surface area contributed by atoms with Crippen molar-refractivity contribution >= 4 is 0 Å². The minimum Gasteiger partial charge on any atom is -0.0956 e. The summed E-state index contributed by atoms with van der Waals surface area (Å²) in [6, 6.07) is 0. The molecule has 0 radical (unpaired) electrons. The van der Waals surface area contributed by atoms with Crippen LogP contribution in [-0.4, -0.2) is 0 Å². The van der Waals surface area contributed by atoms with Gasteiger partial charge in [-0.1, -0.05) is 25.2 Å². The summed E-state index contributed by atoms with van der Waals surface area (Å²) in [6.45, 7) is 6.19. The molecule has 0 N–H and O–H groups in total. The minimum atomic E-state index is 1.17. The Bertz CT molecular complexity index is 140. The first-order chi connectivity index (χ1) is 4.34. The average Bonchev–Trinajstić information content (AvgIpc) is 1.89. The third-order valence-corrected chi connectivity index (χ3v) is 1.91. The molecule has 0 saturated heterocycles. The molecule has 0 heterocycles. The van der Waals surface area contributed by atoms with Crippen LogP contribution < -0.4 is 0 Å². The lowest BCUT2D eigenvalue weighted by Crippen LogP contribution is -1.93. The van der Waals surface area contributed by atoms with Gasteiger partial charge in [-0.05, 0) is 31.3 Å². The molecule has 1 aliphatic rings. The molecule has 1 aliphatic carbocycles. The zero-order valence-electron chi connectivity index (χ0n) is 6.11. The van der Waals surface area contributed by atoms with Crippen LogP contribution in [0, 0.1) is 0 Å². The first-order valence-electron chi connectivity index (χ1n) is 3.71. The van der Waals surface area contributed by atoms with Gasteiger partial charge in [0.1, 0.15) is 0 Å². The lowest BCUT2D eigenvalue weighted by atomic mass is 9.93. The Hall–Kier alpha value is -0.520. The SMILES string of the molecule is C=C1CCCC=C1CC. The summed E-state index contributed by atoms with van der Waals surface area (Å²) in [5, 5.41) is 0. The molecule has 0 amide bonds. The van der Waals surface area contributed by atoms with Gasteiger partial charge in [-0.25, -0.2) is 0 Å². The topological polar surface area (TPSA) is 0 Å². The van der Waals surface area contributed by atoms with Crippen molar-refractivity contribution in [1.82, 2.24) is 0 Å². The number of rotatable bonds is 1. The monoisotopic (exact) mass is 122 g/mol. The summed E-state index contributed by atoms with van der Waals surface area (Å²) >= 11 is 0. The standard InChI is InChI=1S/C9H14/c1-3-9-7-5-4-6-8(9)2/h7H,2-6H2,1H3. The average molecular weight is 122 g/mol. The molecule has 0 aromatic carbocycles. The highest BCUT2D eigenvalue weighted by Crippen LogP contribution is 2.23. The second-order valence-electron chi connectivity index (χ2n) is 2.58. The van der Waals surface area contributed by atoms with E-state index in [1.807, 2.05) is 0 Å². The quantitative estimate of drug-likeness (QED) is 0.501. The smallest absolute Gasteiger partial charge is 0.0279 e. The highest BCUT2D eigenvalue weighted by atomic mass is 14.1. The van der Waals surface area contributed by atoms with E-state index in [1.54, 1.807) is 0 Å². The molecule has 0 spiro atoms. The molecular formula is C9H14. The van der Waals surface area contributed by atoms with E-state index < -0.39 is 0 Å². The fourth-order valence-corrected chi connectivity index (χ4v) is 1.29. The van der Waals surface area contributed by atoms with Crippen molar-refractivity contribution in [2.45, 2.75) is 32.6 Å². The van der Waals surface area contributed by atoms with Crippen molar-refractivity contribution in [1.29, 1.82) is 0 Å². The maximum atomic E-state index is 4.00. The van der Waals surface area contributed by atoms with Crippen LogP contribution in [0.5, 0.6) is 0 Å². The van der Waals surface area contributed by atoms with Crippen LogP contribution in [0.4, 0.5) is 0 Å². The normalized spacial score (nSPS) is 19.7. The van der Waals surface area contributed by atoms with E-state index in [0.29, 0.717) is 0 Å². The molecule has 0 aliphatic heterocycles. The summed E-state index contributed by atoms with van der Waals surface area (Å²) in [5.41, 5.74) is 2.85. The second kappa shape index (κ2) is 2.86.